The second kappa shape index (κ2) is 11.1. The fraction of sp³-hybridized carbons (Fsp3) is 0.348. The molecule has 0 radical (unpaired) electrons. The van der Waals surface area contributed by atoms with Crippen LogP contribution in [0.4, 0.5) is 5.69 Å². The van der Waals surface area contributed by atoms with Crippen LogP contribution in [0.25, 0.3) is 0 Å². The highest BCUT2D eigenvalue weighted by Gasteiger charge is 2.19. The monoisotopic (exact) mass is 492 g/mol. The fourth-order valence-electron chi connectivity index (χ4n) is 3.15. The average Bonchev–Trinajstić information content (AvgIpc) is 3.15. The molecule has 0 aliphatic heterocycles. The Balaban J connectivity index is 1.62. The molecule has 1 aromatic heterocycles. The molecule has 0 aliphatic rings. The number of carbonyl (C=O) groups excluding carboxylic acids is 1. The Bertz CT molecular complexity index is 1050. The Kier molecular flexibility index (Phi) is 8.45. The number of rotatable bonds is 9. The number of carbonyl (C=O) groups is 1. The second-order valence-electron chi connectivity index (χ2n) is 7.56. The molecule has 0 spiro atoms. The van der Waals surface area contributed by atoms with Gasteiger partial charge in [0.15, 0.2) is 17.1 Å². The normalized spacial score (nSPS) is 12.1. The summed E-state index contributed by atoms with van der Waals surface area (Å²) in [6.45, 7) is 8.93. The first-order valence-corrected chi connectivity index (χ1v) is 12.1. The molecule has 2 aromatic carbocycles. The minimum absolute atomic E-state index is 0.175. The number of halogens is 2. The largest absolute Gasteiger partial charge is 0.483 e. The first-order valence-electron chi connectivity index (χ1n) is 10.3. The summed E-state index contributed by atoms with van der Waals surface area (Å²) in [5.74, 6) is 1.95. The van der Waals surface area contributed by atoms with Gasteiger partial charge in [0.25, 0.3) is 0 Å². The Hall–Kier alpha value is -2.22. The lowest BCUT2D eigenvalue weighted by molar-refractivity contribution is -0.113. The molecular weight excluding hydrogens is 467 g/mol. The van der Waals surface area contributed by atoms with Crippen molar-refractivity contribution < 1.29 is 9.53 Å². The van der Waals surface area contributed by atoms with E-state index >= 15 is 0 Å². The number of hydrogen-bond donors (Lipinski definition) is 1. The first kappa shape index (κ1) is 24.4. The van der Waals surface area contributed by atoms with Crippen LogP contribution in [0, 0.1) is 0 Å². The number of ether oxygens (including phenoxy) is 1. The number of benzene rings is 2. The molecule has 0 bridgehead atoms. The zero-order chi connectivity index (χ0) is 23.3. The highest BCUT2D eigenvalue weighted by atomic mass is 35.5. The van der Waals surface area contributed by atoms with E-state index in [1.54, 1.807) is 18.2 Å². The van der Waals surface area contributed by atoms with Gasteiger partial charge in [-0.05, 0) is 55.7 Å². The van der Waals surface area contributed by atoms with E-state index in [0.717, 1.165) is 5.75 Å². The van der Waals surface area contributed by atoms with Crippen molar-refractivity contribution in [1.29, 1.82) is 0 Å². The maximum absolute atomic E-state index is 12.4. The number of aromatic nitrogens is 3. The van der Waals surface area contributed by atoms with Crippen molar-refractivity contribution in [3.8, 4) is 5.75 Å². The van der Waals surface area contributed by atoms with Gasteiger partial charge >= 0.3 is 0 Å². The van der Waals surface area contributed by atoms with Gasteiger partial charge in [0.05, 0.1) is 5.75 Å². The van der Waals surface area contributed by atoms with E-state index in [9.17, 15) is 4.79 Å². The average molecular weight is 493 g/mol. The zero-order valence-corrected chi connectivity index (χ0v) is 20.8. The van der Waals surface area contributed by atoms with Gasteiger partial charge in [-0.25, -0.2) is 0 Å². The van der Waals surface area contributed by atoms with Crippen LogP contribution < -0.4 is 10.1 Å². The lowest BCUT2D eigenvalue weighted by atomic mass is 10.0. The maximum atomic E-state index is 12.4. The van der Waals surface area contributed by atoms with Crippen LogP contribution in [-0.2, 0) is 11.3 Å². The summed E-state index contributed by atoms with van der Waals surface area (Å²) < 4.78 is 8.04. The van der Waals surface area contributed by atoms with Crippen molar-refractivity contribution in [2.24, 2.45) is 0 Å². The van der Waals surface area contributed by atoms with Gasteiger partial charge in [-0.15, -0.1) is 10.2 Å². The molecule has 170 valence electrons. The van der Waals surface area contributed by atoms with Crippen molar-refractivity contribution >= 4 is 46.6 Å². The third kappa shape index (κ3) is 6.40. The molecule has 1 N–H and O–H groups in total. The van der Waals surface area contributed by atoms with Crippen molar-refractivity contribution in [3.63, 3.8) is 0 Å². The quantitative estimate of drug-likeness (QED) is 0.340. The van der Waals surface area contributed by atoms with Gasteiger partial charge in [0, 0.05) is 22.3 Å². The van der Waals surface area contributed by atoms with Crippen LogP contribution in [0.3, 0.4) is 0 Å². The van der Waals surface area contributed by atoms with Crippen LogP contribution in [0.2, 0.25) is 10.0 Å². The van der Waals surface area contributed by atoms with Gasteiger partial charge in [0.2, 0.25) is 5.91 Å². The molecule has 9 heteroatoms. The number of anilines is 1. The summed E-state index contributed by atoms with van der Waals surface area (Å²) >= 11 is 13.3. The Morgan fingerprint density at radius 2 is 1.75 bits per heavy atom. The number of nitrogens with one attached hydrogen (secondary N) is 1. The van der Waals surface area contributed by atoms with Crippen molar-refractivity contribution in [3.05, 3.63) is 63.9 Å². The summed E-state index contributed by atoms with van der Waals surface area (Å²) in [7, 11) is 0. The minimum Gasteiger partial charge on any atom is -0.483 e. The van der Waals surface area contributed by atoms with Crippen LogP contribution in [0.5, 0.6) is 5.75 Å². The predicted molar refractivity (Wildman–Crippen MR) is 131 cm³/mol. The van der Waals surface area contributed by atoms with E-state index in [0.29, 0.717) is 39.2 Å². The minimum atomic E-state index is -0.288. The number of nitrogens with zero attached hydrogens (tertiary/aromatic N) is 3. The van der Waals surface area contributed by atoms with E-state index in [4.69, 9.17) is 27.9 Å². The molecule has 1 heterocycles. The molecule has 0 saturated heterocycles. The molecule has 1 atom stereocenters. The molecule has 0 saturated carbocycles. The SMILES string of the molecule is CCn1c(SCC(=O)Nc2cc(Cl)cc(Cl)c2)nnc1C(C)Oc1ccc(C(C)C)cc1. The second-order valence-corrected chi connectivity index (χ2v) is 9.38. The molecule has 1 amide bonds. The van der Waals surface area contributed by atoms with Crippen molar-refractivity contribution in [1.82, 2.24) is 14.8 Å². The molecule has 1 unspecified atom stereocenters. The van der Waals surface area contributed by atoms with Crippen LogP contribution in [0.15, 0.2) is 47.6 Å². The number of amides is 1. The summed E-state index contributed by atoms with van der Waals surface area (Å²) in [6, 6.07) is 13.0. The Labute approximate surface area is 202 Å². The summed E-state index contributed by atoms with van der Waals surface area (Å²) in [6.07, 6.45) is -0.288. The summed E-state index contributed by atoms with van der Waals surface area (Å²) in [4.78, 5) is 12.4. The van der Waals surface area contributed by atoms with Crippen LogP contribution >= 0.6 is 35.0 Å². The fourth-order valence-corrected chi connectivity index (χ4v) is 4.48. The maximum Gasteiger partial charge on any atom is 0.234 e. The first-order chi connectivity index (χ1) is 15.3. The summed E-state index contributed by atoms with van der Waals surface area (Å²) in [5, 5.41) is 13.0. The molecule has 0 fully saturated rings. The smallest absolute Gasteiger partial charge is 0.234 e. The van der Waals surface area contributed by atoms with Crippen molar-refractivity contribution in [2.75, 3.05) is 11.1 Å². The van der Waals surface area contributed by atoms with Gasteiger partial charge in [-0.2, -0.15) is 0 Å². The van der Waals surface area contributed by atoms with Crippen LogP contribution in [-0.4, -0.2) is 26.4 Å². The van der Waals surface area contributed by atoms with E-state index in [2.05, 4.69) is 41.5 Å². The van der Waals surface area contributed by atoms with Gasteiger partial charge < -0.3 is 14.6 Å². The zero-order valence-electron chi connectivity index (χ0n) is 18.4. The lowest BCUT2D eigenvalue weighted by Gasteiger charge is -2.16. The lowest BCUT2D eigenvalue weighted by Crippen LogP contribution is -2.15. The topological polar surface area (TPSA) is 69.0 Å². The number of hydrogen-bond acceptors (Lipinski definition) is 5. The molecular formula is C23H26Cl2N4O2S. The molecule has 3 rings (SSSR count). The van der Waals surface area contributed by atoms with Gasteiger partial charge in [-0.3, -0.25) is 4.79 Å². The molecule has 3 aromatic rings. The van der Waals surface area contributed by atoms with E-state index < -0.39 is 0 Å². The van der Waals surface area contributed by atoms with E-state index in [1.807, 2.05) is 30.5 Å². The Morgan fingerprint density at radius 1 is 1.09 bits per heavy atom. The van der Waals surface area contributed by atoms with E-state index in [-0.39, 0.29) is 17.8 Å². The Morgan fingerprint density at radius 3 is 2.34 bits per heavy atom. The highest BCUT2D eigenvalue weighted by Crippen LogP contribution is 2.27. The van der Waals surface area contributed by atoms with E-state index in [1.165, 1.54) is 17.3 Å². The molecule has 32 heavy (non-hydrogen) atoms. The molecule has 0 aliphatic carbocycles. The molecule has 6 nitrogen and oxygen atoms in total. The standard InChI is InChI=1S/C23H26Cl2N4O2S/c1-5-29-22(15(4)31-20-8-6-16(7-9-20)14(2)3)27-28-23(29)32-13-21(30)26-19-11-17(24)10-18(25)12-19/h6-12,14-15H,5,13H2,1-4H3,(H,26,30). The third-order valence-corrected chi connectivity index (χ3v) is 6.17. The third-order valence-electron chi connectivity index (χ3n) is 4.76. The van der Waals surface area contributed by atoms with Crippen LogP contribution in [0.1, 0.15) is 51.1 Å². The van der Waals surface area contributed by atoms with Gasteiger partial charge in [0.1, 0.15) is 5.75 Å². The predicted octanol–water partition coefficient (Wildman–Crippen LogP) is 6.60. The number of thioether (sulfide) groups is 1. The van der Waals surface area contributed by atoms with Gasteiger partial charge in [-0.1, -0.05) is 60.9 Å². The highest BCUT2D eigenvalue weighted by molar-refractivity contribution is 7.99. The van der Waals surface area contributed by atoms with Crippen molar-refractivity contribution in [2.45, 2.75) is 51.4 Å². The summed E-state index contributed by atoms with van der Waals surface area (Å²) in [5.41, 5.74) is 1.81.